The van der Waals surface area contributed by atoms with Gasteiger partial charge in [-0.2, -0.15) is 0 Å². The van der Waals surface area contributed by atoms with Crippen LogP contribution < -0.4 is 5.32 Å². The summed E-state index contributed by atoms with van der Waals surface area (Å²) in [6.07, 6.45) is 5.68. The second-order valence-electron chi connectivity index (χ2n) is 5.79. The number of benzene rings is 1. The van der Waals surface area contributed by atoms with Crippen molar-refractivity contribution < 1.29 is 9.59 Å². The lowest BCUT2D eigenvalue weighted by Crippen LogP contribution is -2.42. The molecule has 1 N–H and O–H groups in total. The van der Waals surface area contributed by atoms with Crippen molar-refractivity contribution in [3.8, 4) is 0 Å². The van der Waals surface area contributed by atoms with Gasteiger partial charge in [-0.05, 0) is 43.9 Å². The normalized spacial score (nSPS) is 22.7. The smallest absolute Gasteiger partial charge is 0.262 e. The lowest BCUT2D eigenvalue weighted by Gasteiger charge is -2.34. The zero-order valence-corrected chi connectivity index (χ0v) is 14.5. The molecule has 0 aliphatic carbocycles. The van der Waals surface area contributed by atoms with Gasteiger partial charge in [-0.3, -0.25) is 9.59 Å². The Hall–Kier alpha value is -1.46. The van der Waals surface area contributed by atoms with Crippen LogP contribution >= 0.6 is 23.4 Å². The summed E-state index contributed by atoms with van der Waals surface area (Å²) in [5.74, 6) is -0.310. The monoisotopic (exact) mass is 350 g/mol. The maximum Gasteiger partial charge on any atom is 0.262 e. The molecule has 1 atom stereocenters. The van der Waals surface area contributed by atoms with Gasteiger partial charge in [0.2, 0.25) is 5.91 Å². The molecule has 1 aromatic carbocycles. The highest BCUT2D eigenvalue weighted by Gasteiger charge is 2.27. The number of hydrogen-bond donors (Lipinski definition) is 1. The zero-order valence-electron chi connectivity index (χ0n) is 13.0. The SMILES string of the molecule is CC[C@H]1CCCCN1C(=O)/C=C1\Sc2ccc(Cl)cc2NC1=O. The molecule has 0 aromatic heterocycles. The highest BCUT2D eigenvalue weighted by Crippen LogP contribution is 2.39. The molecular weight excluding hydrogens is 332 g/mol. The van der Waals surface area contributed by atoms with Crippen LogP contribution in [0.25, 0.3) is 0 Å². The predicted octanol–water partition coefficient (Wildman–Crippen LogP) is 4.06. The highest BCUT2D eigenvalue weighted by molar-refractivity contribution is 8.04. The van der Waals surface area contributed by atoms with Crippen LogP contribution in [-0.2, 0) is 9.59 Å². The van der Waals surface area contributed by atoms with Crippen LogP contribution in [0.5, 0.6) is 0 Å². The van der Waals surface area contributed by atoms with Gasteiger partial charge < -0.3 is 10.2 Å². The molecule has 6 heteroatoms. The molecule has 0 unspecified atom stereocenters. The average Bonchev–Trinajstić information content (AvgIpc) is 2.55. The van der Waals surface area contributed by atoms with E-state index in [0.29, 0.717) is 15.6 Å². The van der Waals surface area contributed by atoms with Crippen molar-refractivity contribution in [3.63, 3.8) is 0 Å². The Balaban J connectivity index is 1.80. The van der Waals surface area contributed by atoms with Crippen LogP contribution in [0.4, 0.5) is 5.69 Å². The first kappa shape index (κ1) is 16.4. The van der Waals surface area contributed by atoms with E-state index in [4.69, 9.17) is 11.6 Å². The number of amides is 2. The third-order valence-corrected chi connectivity index (χ3v) is 5.60. The fraction of sp³-hybridized carbons (Fsp3) is 0.412. The molecule has 2 heterocycles. The second-order valence-corrected chi connectivity index (χ2v) is 7.31. The van der Waals surface area contributed by atoms with Crippen LogP contribution in [0.2, 0.25) is 5.02 Å². The Morgan fingerprint density at radius 3 is 3.09 bits per heavy atom. The van der Waals surface area contributed by atoms with E-state index in [9.17, 15) is 9.59 Å². The first-order chi connectivity index (χ1) is 11.1. The Morgan fingerprint density at radius 2 is 2.30 bits per heavy atom. The molecule has 2 aliphatic rings. The Bertz CT molecular complexity index is 675. The van der Waals surface area contributed by atoms with Crippen LogP contribution in [0, 0.1) is 0 Å². The number of carbonyl (C=O) groups excluding carboxylic acids is 2. The molecule has 23 heavy (non-hydrogen) atoms. The van der Waals surface area contributed by atoms with E-state index in [-0.39, 0.29) is 17.9 Å². The minimum Gasteiger partial charge on any atom is -0.336 e. The summed E-state index contributed by atoms with van der Waals surface area (Å²) in [4.78, 5) is 28.0. The van der Waals surface area contributed by atoms with Gasteiger partial charge in [0.1, 0.15) is 0 Å². The topological polar surface area (TPSA) is 49.4 Å². The molecule has 2 aliphatic heterocycles. The summed E-state index contributed by atoms with van der Waals surface area (Å²) in [6, 6.07) is 5.64. The fourth-order valence-corrected chi connectivity index (χ4v) is 4.11. The number of carbonyl (C=O) groups is 2. The molecule has 3 rings (SSSR count). The van der Waals surface area contributed by atoms with Crippen LogP contribution in [0.15, 0.2) is 34.1 Å². The van der Waals surface area contributed by atoms with Gasteiger partial charge in [-0.25, -0.2) is 0 Å². The van der Waals surface area contributed by atoms with Crippen molar-refractivity contribution in [2.75, 3.05) is 11.9 Å². The number of fused-ring (bicyclic) bond motifs is 1. The highest BCUT2D eigenvalue weighted by atomic mass is 35.5. The second kappa shape index (κ2) is 6.97. The third kappa shape index (κ3) is 3.56. The quantitative estimate of drug-likeness (QED) is 0.818. The maximum atomic E-state index is 12.6. The predicted molar refractivity (Wildman–Crippen MR) is 93.7 cm³/mol. The molecule has 0 saturated carbocycles. The van der Waals surface area contributed by atoms with Crippen molar-refractivity contribution in [2.24, 2.45) is 0 Å². The molecule has 1 fully saturated rings. The number of anilines is 1. The average molecular weight is 351 g/mol. The minimum absolute atomic E-state index is 0.0633. The molecule has 0 bridgehead atoms. The van der Waals surface area contributed by atoms with Crippen molar-refractivity contribution >= 4 is 40.9 Å². The summed E-state index contributed by atoms with van der Waals surface area (Å²) in [7, 11) is 0. The summed E-state index contributed by atoms with van der Waals surface area (Å²) in [5.41, 5.74) is 0.696. The van der Waals surface area contributed by atoms with Gasteiger partial charge >= 0.3 is 0 Å². The van der Waals surface area contributed by atoms with E-state index >= 15 is 0 Å². The first-order valence-corrected chi connectivity index (χ1v) is 9.09. The number of halogens is 1. The Kier molecular flexibility index (Phi) is 4.97. The van der Waals surface area contributed by atoms with E-state index in [1.807, 2.05) is 11.0 Å². The van der Waals surface area contributed by atoms with Gasteiger partial charge in [0.05, 0.1) is 10.6 Å². The van der Waals surface area contributed by atoms with Gasteiger partial charge in [-0.1, -0.05) is 30.3 Å². The van der Waals surface area contributed by atoms with Crippen LogP contribution in [0.3, 0.4) is 0 Å². The summed E-state index contributed by atoms with van der Waals surface area (Å²) >= 11 is 7.26. The van der Waals surface area contributed by atoms with E-state index < -0.39 is 0 Å². The van der Waals surface area contributed by atoms with Crippen molar-refractivity contribution in [2.45, 2.75) is 43.5 Å². The number of hydrogen-bond acceptors (Lipinski definition) is 3. The summed E-state index contributed by atoms with van der Waals surface area (Å²) in [6.45, 7) is 2.88. The molecular formula is C17H19ClN2O2S. The van der Waals surface area contributed by atoms with Crippen LogP contribution in [-0.4, -0.2) is 29.3 Å². The lowest BCUT2D eigenvalue weighted by atomic mass is 10.00. The Morgan fingerprint density at radius 1 is 1.48 bits per heavy atom. The van der Waals surface area contributed by atoms with E-state index in [1.54, 1.807) is 12.1 Å². The molecule has 1 saturated heterocycles. The number of rotatable bonds is 2. The van der Waals surface area contributed by atoms with Crippen molar-refractivity contribution in [3.05, 3.63) is 34.2 Å². The number of nitrogens with zero attached hydrogens (tertiary/aromatic N) is 1. The van der Waals surface area contributed by atoms with Gasteiger partial charge in [0, 0.05) is 28.6 Å². The fourth-order valence-electron chi connectivity index (χ4n) is 3.04. The lowest BCUT2D eigenvalue weighted by molar-refractivity contribution is -0.129. The van der Waals surface area contributed by atoms with Crippen LogP contribution in [0.1, 0.15) is 32.6 Å². The molecule has 1 aromatic rings. The summed E-state index contributed by atoms with van der Waals surface area (Å²) in [5, 5.41) is 3.38. The maximum absolute atomic E-state index is 12.6. The number of nitrogens with one attached hydrogen (secondary N) is 1. The molecule has 0 spiro atoms. The Labute approximate surface area is 145 Å². The zero-order chi connectivity index (χ0) is 16.4. The largest absolute Gasteiger partial charge is 0.336 e. The first-order valence-electron chi connectivity index (χ1n) is 7.89. The third-order valence-electron chi connectivity index (χ3n) is 4.27. The molecule has 0 radical (unpaired) electrons. The molecule has 122 valence electrons. The van der Waals surface area contributed by atoms with Gasteiger partial charge in [0.25, 0.3) is 5.91 Å². The number of piperidine rings is 1. The van der Waals surface area contributed by atoms with Gasteiger partial charge in [0.15, 0.2) is 0 Å². The molecule has 4 nitrogen and oxygen atoms in total. The minimum atomic E-state index is -0.247. The summed E-state index contributed by atoms with van der Waals surface area (Å²) < 4.78 is 0. The standard InChI is InChI=1S/C17H19ClN2O2S/c1-2-12-5-3-4-8-20(12)16(21)10-15-17(22)19-13-9-11(18)6-7-14(13)23-15/h6-7,9-10,12H,2-5,8H2,1H3,(H,19,22)/b15-10-/t12-/m0/s1. The number of likely N-dealkylation sites (tertiary alicyclic amines) is 1. The van der Waals surface area contributed by atoms with Crippen molar-refractivity contribution in [1.82, 2.24) is 4.90 Å². The number of thioether (sulfide) groups is 1. The van der Waals surface area contributed by atoms with E-state index in [1.165, 1.54) is 24.3 Å². The van der Waals surface area contributed by atoms with E-state index in [2.05, 4.69) is 12.2 Å². The van der Waals surface area contributed by atoms with E-state index in [0.717, 1.165) is 30.7 Å². The molecule has 2 amide bonds. The van der Waals surface area contributed by atoms with Gasteiger partial charge in [-0.15, -0.1) is 0 Å². The van der Waals surface area contributed by atoms with Crippen molar-refractivity contribution in [1.29, 1.82) is 0 Å².